The van der Waals surface area contributed by atoms with Crippen LogP contribution in [0.2, 0.25) is 0 Å². The molecule has 1 rings (SSSR count). The lowest BCUT2D eigenvalue weighted by Gasteiger charge is -2.14. The second kappa shape index (κ2) is 3.75. The van der Waals surface area contributed by atoms with Crippen LogP contribution in [-0.2, 0) is 14.6 Å². The van der Waals surface area contributed by atoms with Gasteiger partial charge in [0.25, 0.3) is 0 Å². The van der Waals surface area contributed by atoms with Gasteiger partial charge in [-0.2, -0.15) is 0 Å². The van der Waals surface area contributed by atoms with Gasteiger partial charge in [-0.15, -0.1) is 0 Å². The zero-order valence-electron chi connectivity index (χ0n) is 8.32. The maximum atomic E-state index is 11.3. The molecular weight excluding hydrogens is 222 g/mol. The molecule has 0 aliphatic heterocycles. The van der Waals surface area contributed by atoms with Crippen molar-refractivity contribution in [1.29, 1.82) is 0 Å². The molecule has 0 radical (unpaired) electrons. The van der Waals surface area contributed by atoms with E-state index in [4.69, 9.17) is 22.7 Å². The highest BCUT2D eigenvalue weighted by Crippen LogP contribution is 2.51. The van der Waals surface area contributed by atoms with E-state index in [0.29, 0.717) is 19.6 Å². The Kier molecular flexibility index (Phi) is 3.18. The van der Waals surface area contributed by atoms with Gasteiger partial charge in [0.05, 0.1) is 22.3 Å². The lowest BCUT2D eigenvalue weighted by molar-refractivity contribution is 0.123. The highest BCUT2D eigenvalue weighted by Gasteiger charge is 2.62. The number of nitrogens with two attached hydrogens (primary N) is 1. The summed E-state index contributed by atoms with van der Waals surface area (Å²) >= 11 is 4.89. The Morgan fingerprint density at radius 2 is 2.29 bits per heavy atom. The molecule has 0 heterocycles. The van der Waals surface area contributed by atoms with Crippen LogP contribution < -0.4 is 5.73 Å². The standard InChI is InChI=1S/C8H15NO3S2/c1-3-12-5-8(7(9)13)4-6(8)14(2,10)11/h6H,3-5H2,1-2H3,(H2,9,13)/t6-,8+/m0/s1. The van der Waals surface area contributed by atoms with Crippen molar-refractivity contribution in [2.24, 2.45) is 11.1 Å². The molecular formula is C8H15NO3S2. The molecule has 0 aromatic rings. The third-order valence-electron chi connectivity index (χ3n) is 2.58. The van der Waals surface area contributed by atoms with Gasteiger partial charge in [0.2, 0.25) is 0 Å². The summed E-state index contributed by atoms with van der Waals surface area (Å²) in [6.07, 6.45) is 1.71. The van der Waals surface area contributed by atoms with E-state index in [-0.39, 0.29) is 4.99 Å². The predicted molar refractivity (Wildman–Crippen MR) is 59.0 cm³/mol. The van der Waals surface area contributed by atoms with Crippen LogP contribution in [-0.4, -0.2) is 38.1 Å². The van der Waals surface area contributed by atoms with Crippen molar-refractivity contribution >= 4 is 27.0 Å². The molecule has 82 valence electrons. The Bertz CT molecular complexity index is 338. The number of sulfone groups is 1. The van der Waals surface area contributed by atoms with Crippen LogP contribution in [0.3, 0.4) is 0 Å². The minimum atomic E-state index is -3.06. The Morgan fingerprint density at radius 1 is 1.71 bits per heavy atom. The average molecular weight is 237 g/mol. The molecule has 6 heteroatoms. The fourth-order valence-corrected chi connectivity index (χ4v) is 3.57. The minimum absolute atomic E-state index is 0.251. The summed E-state index contributed by atoms with van der Waals surface area (Å²) in [6, 6.07) is 0. The maximum Gasteiger partial charge on any atom is 0.151 e. The smallest absolute Gasteiger partial charge is 0.151 e. The van der Waals surface area contributed by atoms with E-state index < -0.39 is 20.5 Å². The molecule has 0 aromatic heterocycles. The van der Waals surface area contributed by atoms with Gasteiger partial charge in [-0.3, -0.25) is 0 Å². The quantitative estimate of drug-likeness (QED) is 0.687. The molecule has 0 unspecified atom stereocenters. The van der Waals surface area contributed by atoms with Crippen LogP contribution in [0.4, 0.5) is 0 Å². The van der Waals surface area contributed by atoms with Gasteiger partial charge in [-0.25, -0.2) is 8.42 Å². The van der Waals surface area contributed by atoms with Crippen molar-refractivity contribution in [3.05, 3.63) is 0 Å². The van der Waals surface area contributed by atoms with E-state index in [1.165, 1.54) is 6.26 Å². The molecule has 1 aliphatic carbocycles. The second-order valence-electron chi connectivity index (χ2n) is 3.68. The lowest BCUT2D eigenvalue weighted by Crippen LogP contribution is -2.32. The Labute approximate surface area is 89.7 Å². The minimum Gasteiger partial charge on any atom is -0.393 e. The summed E-state index contributed by atoms with van der Waals surface area (Å²) < 4.78 is 27.8. The van der Waals surface area contributed by atoms with E-state index in [1.54, 1.807) is 0 Å². The van der Waals surface area contributed by atoms with Gasteiger partial charge < -0.3 is 10.5 Å². The zero-order valence-corrected chi connectivity index (χ0v) is 9.95. The summed E-state index contributed by atoms with van der Waals surface area (Å²) in [6.45, 7) is 2.71. The number of hydrogen-bond acceptors (Lipinski definition) is 4. The number of hydrogen-bond donors (Lipinski definition) is 1. The van der Waals surface area contributed by atoms with Gasteiger partial charge in [0.1, 0.15) is 0 Å². The second-order valence-corrected chi connectivity index (χ2v) is 6.35. The normalized spacial score (nSPS) is 31.4. The Balaban J connectivity index is 2.76. The van der Waals surface area contributed by atoms with Crippen molar-refractivity contribution in [3.8, 4) is 0 Å². The fourth-order valence-electron chi connectivity index (χ4n) is 1.60. The number of rotatable bonds is 5. The van der Waals surface area contributed by atoms with E-state index in [0.717, 1.165) is 0 Å². The van der Waals surface area contributed by atoms with Crippen LogP contribution in [0.1, 0.15) is 13.3 Å². The van der Waals surface area contributed by atoms with E-state index in [1.807, 2.05) is 6.92 Å². The summed E-state index contributed by atoms with van der Waals surface area (Å²) in [5, 5.41) is -0.445. The molecule has 1 fully saturated rings. The average Bonchev–Trinajstić information content (AvgIpc) is 2.75. The monoisotopic (exact) mass is 237 g/mol. The molecule has 0 spiro atoms. The summed E-state index contributed by atoms with van der Waals surface area (Å²) in [5.41, 5.74) is 4.95. The molecule has 14 heavy (non-hydrogen) atoms. The largest absolute Gasteiger partial charge is 0.393 e. The first-order chi connectivity index (χ1) is 6.34. The first kappa shape index (κ1) is 11.9. The molecule has 1 aliphatic rings. The van der Waals surface area contributed by atoms with Crippen LogP contribution in [0.15, 0.2) is 0 Å². The van der Waals surface area contributed by atoms with Crippen molar-refractivity contribution in [2.45, 2.75) is 18.6 Å². The van der Waals surface area contributed by atoms with Crippen LogP contribution >= 0.6 is 12.2 Å². The molecule has 1 saturated carbocycles. The van der Waals surface area contributed by atoms with Crippen LogP contribution in [0.5, 0.6) is 0 Å². The first-order valence-electron chi connectivity index (χ1n) is 4.41. The number of thiocarbonyl (C=S) groups is 1. The summed E-state index contributed by atoms with van der Waals surface area (Å²) in [7, 11) is -3.06. The highest BCUT2D eigenvalue weighted by molar-refractivity contribution is 7.91. The molecule has 2 N–H and O–H groups in total. The van der Waals surface area contributed by atoms with Gasteiger partial charge in [-0.1, -0.05) is 12.2 Å². The summed E-state index contributed by atoms with van der Waals surface area (Å²) in [4.78, 5) is 0.251. The Hall–Kier alpha value is -0.200. The first-order valence-corrected chi connectivity index (χ1v) is 6.77. The summed E-state index contributed by atoms with van der Waals surface area (Å²) in [5.74, 6) is 0. The fraction of sp³-hybridized carbons (Fsp3) is 0.875. The third-order valence-corrected chi connectivity index (χ3v) is 4.64. The lowest BCUT2D eigenvalue weighted by atomic mass is 10.1. The van der Waals surface area contributed by atoms with Crippen molar-refractivity contribution < 1.29 is 13.2 Å². The van der Waals surface area contributed by atoms with Crippen LogP contribution in [0.25, 0.3) is 0 Å². The molecule has 0 amide bonds. The molecule has 0 bridgehead atoms. The predicted octanol–water partition coefficient (Wildman–Crippen LogP) is 0.112. The number of ether oxygens (including phenoxy) is 1. The maximum absolute atomic E-state index is 11.3. The van der Waals surface area contributed by atoms with E-state index in [2.05, 4.69) is 0 Å². The van der Waals surface area contributed by atoms with Crippen molar-refractivity contribution in [3.63, 3.8) is 0 Å². The van der Waals surface area contributed by atoms with E-state index >= 15 is 0 Å². The van der Waals surface area contributed by atoms with Gasteiger partial charge in [0, 0.05) is 12.9 Å². The van der Waals surface area contributed by atoms with E-state index in [9.17, 15) is 8.42 Å². The molecule has 0 saturated heterocycles. The van der Waals surface area contributed by atoms with Crippen LogP contribution in [0, 0.1) is 5.41 Å². The van der Waals surface area contributed by atoms with Gasteiger partial charge in [-0.05, 0) is 13.3 Å². The van der Waals surface area contributed by atoms with Gasteiger partial charge >= 0.3 is 0 Å². The van der Waals surface area contributed by atoms with Gasteiger partial charge in [0.15, 0.2) is 9.84 Å². The molecule has 4 nitrogen and oxygen atoms in total. The molecule has 2 atom stereocenters. The highest BCUT2D eigenvalue weighted by atomic mass is 32.2. The zero-order chi connectivity index (χ0) is 11.0. The third kappa shape index (κ3) is 2.07. The molecule has 0 aromatic carbocycles. The Morgan fingerprint density at radius 3 is 2.57 bits per heavy atom. The van der Waals surface area contributed by atoms with Crippen molar-refractivity contribution in [1.82, 2.24) is 0 Å². The topological polar surface area (TPSA) is 69.4 Å². The SMILES string of the molecule is CCOC[C@]1(C(N)=S)C[C@@H]1S(C)(=O)=O. The van der Waals surface area contributed by atoms with Crippen molar-refractivity contribution in [2.75, 3.05) is 19.5 Å².